The fourth-order valence-electron chi connectivity index (χ4n) is 1.15. The zero-order chi connectivity index (χ0) is 13.2. The topological polar surface area (TPSA) is 17.1 Å². The Hall–Kier alpha value is 0.240. The highest BCUT2D eigenvalue weighted by Gasteiger charge is 2.31. The molecule has 1 aromatic rings. The second-order valence-electron chi connectivity index (χ2n) is 3.20. The van der Waals surface area contributed by atoms with E-state index in [2.05, 4.69) is 15.9 Å². The predicted molar refractivity (Wildman–Crippen MR) is 73.4 cm³/mol. The molecule has 0 aliphatic heterocycles. The summed E-state index contributed by atoms with van der Waals surface area (Å²) in [6, 6.07) is 4.63. The summed E-state index contributed by atoms with van der Waals surface area (Å²) in [6.07, 6.45) is 0. The normalized spacial score (nSPS) is 13.5. The van der Waals surface area contributed by atoms with Crippen LogP contribution in [0.15, 0.2) is 23.1 Å². The lowest BCUT2D eigenvalue weighted by Crippen LogP contribution is -2.06. The molecule has 0 bridgehead atoms. The van der Waals surface area contributed by atoms with Crippen molar-refractivity contribution < 1.29 is 18.0 Å². The number of benzene rings is 1. The van der Waals surface area contributed by atoms with Crippen LogP contribution < -0.4 is 0 Å². The third-order valence-electron chi connectivity index (χ3n) is 1.83. The Kier molecular flexibility index (Phi) is 5.33. The molecule has 17 heavy (non-hydrogen) atoms. The van der Waals surface area contributed by atoms with Gasteiger partial charge in [-0.1, -0.05) is 22.0 Å². The highest BCUT2D eigenvalue weighted by Crippen LogP contribution is 2.42. The Bertz CT molecular complexity index is 436. The van der Waals surface area contributed by atoms with Crippen molar-refractivity contribution in [2.45, 2.75) is 22.2 Å². The second-order valence-corrected chi connectivity index (χ2v) is 6.47. The van der Waals surface area contributed by atoms with Crippen molar-refractivity contribution in [3.8, 4) is 0 Å². The van der Waals surface area contributed by atoms with Gasteiger partial charge in [0.15, 0.2) is 0 Å². The Morgan fingerprint density at radius 1 is 1.47 bits per heavy atom. The standard InChI is InChI=1S/C10H7BrF3IOS/c1-5(16)9(11)7-3-2-6(15)4-8(7)17-10(12,13)14/h2-4,9H,1H3. The fraction of sp³-hybridized carbons (Fsp3) is 0.300. The van der Waals surface area contributed by atoms with Crippen LogP contribution in [-0.2, 0) is 4.79 Å². The van der Waals surface area contributed by atoms with Gasteiger partial charge in [0.25, 0.3) is 0 Å². The van der Waals surface area contributed by atoms with Crippen LogP contribution in [-0.4, -0.2) is 11.3 Å². The van der Waals surface area contributed by atoms with E-state index < -0.39 is 10.3 Å². The number of rotatable bonds is 3. The van der Waals surface area contributed by atoms with Crippen LogP contribution >= 0.6 is 50.3 Å². The number of ketones is 1. The number of hydrogen-bond donors (Lipinski definition) is 0. The summed E-state index contributed by atoms with van der Waals surface area (Å²) in [4.78, 5) is 10.6. The average Bonchev–Trinajstić information content (AvgIpc) is 2.14. The molecule has 1 unspecified atom stereocenters. The maximum absolute atomic E-state index is 12.4. The molecule has 0 N–H and O–H groups in total. The zero-order valence-corrected chi connectivity index (χ0v) is 13.1. The molecule has 0 aromatic heterocycles. The number of hydrogen-bond acceptors (Lipinski definition) is 2. The average molecular weight is 439 g/mol. The SMILES string of the molecule is CC(=O)C(Br)c1ccc(I)cc1SC(F)(F)F. The van der Waals surface area contributed by atoms with Gasteiger partial charge in [-0.15, -0.1) is 0 Å². The first-order chi connectivity index (χ1) is 7.70. The Balaban J connectivity index is 3.17. The van der Waals surface area contributed by atoms with E-state index in [1.54, 1.807) is 6.07 Å². The number of alkyl halides is 4. The summed E-state index contributed by atoms with van der Waals surface area (Å²) in [7, 11) is 0. The summed E-state index contributed by atoms with van der Waals surface area (Å²) < 4.78 is 37.8. The van der Waals surface area contributed by atoms with Crippen LogP contribution in [0.25, 0.3) is 0 Å². The van der Waals surface area contributed by atoms with Crippen molar-refractivity contribution in [3.63, 3.8) is 0 Å². The van der Waals surface area contributed by atoms with Gasteiger partial charge >= 0.3 is 5.51 Å². The van der Waals surface area contributed by atoms with Crippen LogP contribution in [0.4, 0.5) is 13.2 Å². The molecule has 0 amide bonds. The summed E-state index contributed by atoms with van der Waals surface area (Å²) in [5.41, 5.74) is -4.01. The molecule has 7 heteroatoms. The number of Topliss-reactive ketones (excluding diaryl/α,β-unsaturated/α-hetero) is 1. The number of halogens is 5. The third kappa shape index (κ3) is 4.78. The van der Waals surface area contributed by atoms with Gasteiger partial charge in [0.05, 0.1) is 4.83 Å². The predicted octanol–water partition coefficient (Wildman–Crippen LogP) is 4.93. The molecular formula is C10H7BrF3IOS. The van der Waals surface area contributed by atoms with Crippen LogP contribution in [0.1, 0.15) is 17.3 Å². The number of carbonyl (C=O) groups is 1. The molecule has 0 aliphatic carbocycles. The van der Waals surface area contributed by atoms with E-state index in [0.717, 1.165) is 0 Å². The van der Waals surface area contributed by atoms with Crippen molar-refractivity contribution in [3.05, 3.63) is 27.3 Å². The summed E-state index contributed by atoms with van der Waals surface area (Å²) in [5.74, 6) is -0.227. The lowest BCUT2D eigenvalue weighted by molar-refractivity contribution is -0.116. The summed E-state index contributed by atoms with van der Waals surface area (Å²) in [6.45, 7) is 1.33. The maximum Gasteiger partial charge on any atom is 0.446 e. The molecule has 0 radical (unpaired) electrons. The third-order valence-corrected chi connectivity index (χ3v) is 4.45. The lowest BCUT2D eigenvalue weighted by Gasteiger charge is -2.14. The van der Waals surface area contributed by atoms with Gasteiger partial charge in [0, 0.05) is 8.47 Å². The van der Waals surface area contributed by atoms with Gasteiger partial charge in [-0.25, -0.2) is 0 Å². The van der Waals surface area contributed by atoms with Crippen LogP contribution in [0, 0.1) is 3.57 Å². The van der Waals surface area contributed by atoms with Crippen LogP contribution in [0.2, 0.25) is 0 Å². The molecule has 1 rings (SSSR count). The molecule has 0 saturated carbocycles. The molecule has 0 heterocycles. The largest absolute Gasteiger partial charge is 0.446 e. The van der Waals surface area contributed by atoms with E-state index in [4.69, 9.17) is 0 Å². The highest BCUT2D eigenvalue weighted by atomic mass is 127. The van der Waals surface area contributed by atoms with Crippen LogP contribution in [0.5, 0.6) is 0 Å². The molecule has 1 aromatic carbocycles. The van der Waals surface area contributed by atoms with Gasteiger partial charge < -0.3 is 0 Å². The molecule has 94 valence electrons. The van der Waals surface area contributed by atoms with Crippen molar-refractivity contribution in [1.29, 1.82) is 0 Å². The fourth-order valence-corrected chi connectivity index (χ4v) is 3.14. The first kappa shape index (κ1) is 15.3. The van der Waals surface area contributed by atoms with Crippen molar-refractivity contribution in [1.82, 2.24) is 0 Å². The van der Waals surface area contributed by atoms with Gasteiger partial charge in [0.2, 0.25) is 0 Å². The van der Waals surface area contributed by atoms with E-state index >= 15 is 0 Å². The van der Waals surface area contributed by atoms with E-state index in [1.165, 1.54) is 19.1 Å². The zero-order valence-electron chi connectivity index (χ0n) is 8.52. The van der Waals surface area contributed by atoms with E-state index in [9.17, 15) is 18.0 Å². The van der Waals surface area contributed by atoms with Crippen LogP contribution in [0.3, 0.4) is 0 Å². The maximum atomic E-state index is 12.4. The molecule has 0 fully saturated rings. The van der Waals surface area contributed by atoms with E-state index in [1.807, 2.05) is 22.6 Å². The van der Waals surface area contributed by atoms with Crippen molar-refractivity contribution >= 4 is 56.1 Å². The Morgan fingerprint density at radius 3 is 2.53 bits per heavy atom. The molecule has 1 atom stereocenters. The highest BCUT2D eigenvalue weighted by molar-refractivity contribution is 14.1. The van der Waals surface area contributed by atoms with Gasteiger partial charge in [-0.2, -0.15) is 13.2 Å². The lowest BCUT2D eigenvalue weighted by atomic mass is 10.1. The van der Waals surface area contributed by atoms with Gasteiger partial charge in [-0.3, -0.25) is 4.79 Å². The first-order valence-electron chi connectivity index (χ1n) is 4.40. The quantitative estimate of drug-likeness (QED) is 0.378. The van der Waals surface area contributed by atoms with Crippen molar-refractivity contribution in [2.24, 2.45) is 0 Å². The van der Waals surface area contributed by atoms with Gasteiger partial charge in [-0.05, 0) is 59.0 Å². The first-order valence-corrected chi connectivity index (χ1v) is 7.21. The molecule has 0 spiro atoms. The van der Waals surface area contributed by atoms with E-state index in [-0.39, 0.29) is 22.4 Å². The number of thioether (sulfide) groups is 1. The Labute approximate surface area is 123 Å². The van der Waals surface area contributed by atoms with Crippen molar-refractivity contribution in [2.75, 3.05) is 0 Å². The minimum atomic E-state index is -4.36. The molecule has 0 aliphatic rings. The number of carbonyl (C=O) groups excluding carboxylic acids is 1. The minimum Gasteiger partial charge on any atom is -0.298 e. The Morgan fingerprint density at radius 2 is 2.06 bits per heavy atom. The molecular weight excluding hydrogens is 432 g/mol. The molecule has 1 nitrogen and oxygen atoms in total. The summed E-state index contributed by atoms with van der Waals surface area (Å²) >= 11 is 4.83. The monoisotopic (exact) mass is 438 g/mol. The van der Waals surface area contributed by atoms with E-state index in [0.29, 0.717) is 9.13 Å². The molecule has 0 saturated heterocycles. The summed E-state index contributed by atoms with van der Waals surface area (Å²) in [5, 5.41) is 0. The minimum absolute atomic E-state index is 0.0569. The second kappa shape index (κ2) is 5.92. The van der Waals surface area contributed by atoms with Gasteiger partial charge in [0.1, 0.15) is 5.78 Å². The smallest absolute Gasteiger partial charge is 0.298 e.